The third-order valence-corrected chi connectivity index (χ3v) is 5.57. The van der Waals surface area contributed by atoms with Crippen molar-refractivity contribution in [2.24, 2.45) is 0 Å². The fraction of sp³-hybridized carbons (Fsp3) is 0.429. The van der Waals surface area contributed by atoms with Crippen LogP contribution in [0.15, 0.2) is 29.3 Å². The summed E-state index contributed by atoms with van der Waals surface area (Å²) in [5.74, 6) is -1.09. The second-order valence-electron chi connectivity index (χ2n) is 6.92. The fourth-order valence-electron chi connectivity index (χ4n) is 3.36. The predicted octanol–water partition coefficient (Wildman–Crippen LogP) is 4.12. The Hall–Kier alpha value is -2.25. The summed E-state index contributed by atoms with van der Waals surface area (Å²) in [7, 11) is 0. The molecule has 1 heterocycles. The summed E-state index contributed by atoms with van der Waals surface area (Å²) in [4.78, 5) is 38.4. The summed E-state index contributed by atoms with van der Waals surface area (Å²) in [5, 5.41) is 0.302. The highest BCUT2D eigenvalue weighted by Crippen LogP contribution is 2.36. The number of halogens is 1. The van der Waals surface area contributed by atoms with Gasteiger partial charge in [0, 0.05) is 16.7 Å². The molecule has 3 rings (SSSR count). The Labute approximate surface area is 179 Å². The van der Waals surface area contributed by atoms with Gasteiger partial charge in [-0.3, -0.25) is 9.59 Å². The van der Waals surface area contributed by atoms with E-state index in [0.717, 1.165) is 30.6 Å². The highest BCUT2D eigenvalue weighted by Gasteiger charge is 2.39. The van der Waals surface area contributed by atoms with Crippen molar-refractivity contribution in [2.75, 3.05) is 18.1 Å². The van der Waals surface area contributed by atoms with Gasteiger partial charge in [0.2, 0.25) is 0 Å². The standard InChI is InChI=1S/C21H22ClNO5S/c1-2-3-10-27-18(24)12-28-21(29)16-11-13(8-9-17(16)22)23-19(25)14-6-4-5-7-15(14)20(23)26/h8-9,11H,2-7,10,12H2,1H3. The lowest BCUT2D eigenvalue weighted by Gasteiger charge is -2.17. The van der Waals surface area contributed by atoms with Crippen molar-refractivity contribution in [3.63, 3.8) is 0 Å². The Bertz CT molecular complexity index is 867. The Kier molecular flexibility index (Phi) is 7.03. The van der Waals surface area contributed by atoms with Gasteiger partial charge in [-0.25, -0.2) is 9.69 Å². The average molecular weight is 436 g/mol. The number of amides is 2. The molecular weight excluding hydrogens is 414 g/mol. The Balaban J connectivity index is 1.72. The van der Waals surface area contributed by atoms with E-state index in [4.69, 9.17) is 33.3 Å². The van der Waals surface area contributed by atoms with E-state index in [2.05, 4.69) is 0 Å². The molecule has 6 nitrogen and oxygen atoms in total. The maximum absolute atomic E-state index is 12.7. The summed E-state index contributed by atoms with van der Waals surface area (Å²) < 4.78 is 10.4. The molecular formula is C21H22ClNO5S. The molecule has 8 heteroatoms. The van der Waals surface area contributed by atoms with Crippen molar-refractivity contribution >= 4 is 52.3 Å². The molecule has 154 valence electrons. The smallest absolute Gasteiger partial charge is 0.344 e. The van der Waals surface area contributed by atoms with Crippen molar-refractivity contribution in [3.8, 4) is 0 Å². The molecule has 0 N–H and O–H groups in total. The Morgan fingerprint density at radius 3 is 2.41 bits per heavy atom. The molecule has 29 heavy (non-hydrogen) atoms. The first-order chi connectivity index (χ1) is 13.9. The number of unbranched alkanes of at least 4 members (excludes halogenated alkanes) is 1. The zero-order valence-corrected chi connectivity index (χ0v) is 17.7. The number of rotatable bonds is 7. The van der Waals surface area contributed by atoms with Gasteiger partial charge in [0.15, 0.2) is 11.7 Å². The minimum absolute atomic E-state index is 0.00103. The van der Waals surface area contributed by atoms with Crippen molar-refractivity contribution < 1.29 is 23.9 Å². The van der Waals surface area contributed by atoms with Crippen molar-refractivity contribution in [2.45, 2.75) is 45.4 Å². The van der Waals surface area contributed by atoms with E-state index in [1.165, 1.54) is 0 Å². The summed E-state index contributed by atoms with van der Waals surface area (Å²) in [6.45, 7) is 2.00. The van der Waals surface area contributed by atoms with Crippen LogP contribution >= 0.6 is 23.8 Å². The zero-order chi connectivity index (χ0) is 21.0. The van der Waals surface area contributed by atoms with Gasteiger partial charge in [0.1, 0.15) is 0 Å². The number of anilines is 1. The number of carbonyl (C=O) groups excluding carboxylic acids is 3. The first kappa shape index (κ1) is 21.5. The maximum Gasteiger partial charge on any atom is 0.344 e. The van der Waals surface area contributed by atoms with Gasteiger partial charge in [-0.2, -0.15) is 0 Å². The predicted molar refractivity (Wildman–Crippen MR) is 113 cm³/mol. The molecule has 1 aliphatic carbocycles. The monoisotopic (exact) mass is 435 g/mol. The number of imide groups is 1. The lowest BCUT2D eigenvalue weighted by molar-refractivity contribution is -0.146. The van der Waals surface area contributed by atoms with E-state index in [0.29, 0.717) is 46.9 Å². The summed E-state index contributed by atoms with van der Waals surface area (Å²) in [6.07, 6.45) is 4.76. The molecule has 0 saturated heterocycles. The summed E-state index contributed by atoms with van der Waals surface area (Å²) in [5.41, 5.74) is 1.93. The van der Waals surface area contributed by atoms with Crippen LogP contribution in [0.2, 0.25) is 5.02 Å². The maximum atomic E-state index is 12.7. The van der Waals surface area contributed by atoms with Gasteiger partial charge in [-0.15, -0.1) is 0 Å². The molecule has 1 aliphatic heterocycles. The molecule has 2 aliphatic rings. The Morgan fingerprint density at radius 2 is 1.79 bits per heavy atom. The van der Waals surface area contributed by atoms with Crippen LogP contribution < -0.4 is 4.90 Å². The molecule has 0 aromatic heterocycles. The minimum Gasteiger partial charge on any atom is -0.471 e. The number of nitrogens with zero attached hydrogens (tertiary/aromatic N) is 1. The van der Waals surface area contributed by atoms with Crippen LogP contribution in [-0.4, -0.2) is 36.0 Å². The third kappa shape index (κ3) is 4.67. The first-order valence-electron chi connectivity index (χ1n) is 9.67. The second kappa shape index (κ2) is 9.50. The van der Waals surface area contributed by atoms with Gasteiger partial charge in [-0.1, -0.05) is 24.9 Å². The van der Waals surface area contributed by atoms with Gasteiger partial charge < -0.3 is 9.47 Å². The first-order valence-corrected chi connectivity index (χ1v) is 10.5. The van der Waals surface area contributed by atoms with Crippen LogP contribution in [0.25, 0.3) is 0 Å². The number of hydrogen-bond acceptors (Lipinski definition) is 6. The molecule has 1 aromatic carbocycles. The zero-order valence-electron chi connectivity index (χ0n) is 16.2. The van der Waals surface area contributed by atoms with E-state index >= 15 is 0 Å². The van der Waals surface area contributed by atoms with Gasteiger partial charge >= 0.3 is 5.97 Å². The van der Waals surface area contributed by atoms with Crippen molar-refractivity contribution in [1.82, 2.24) is 0 Å². The largest absolute Gasteiger partial charge is 0.471 e. The van der Waals surface area contributed by atoms with Crippen molar-refractivity contribution in [3.05, 3.63) is 39.9 Å². The van der Waals surface area contributed by atoms with E-state index < -0.39 is 5.97 Å². The van der Waals surface area contributed by atoms with Crippen molar-refractivity contribution in [1.29, 1.82) is 0 Å². The van der Waals surface area contributed by atoms with Gasteiger partial charge in [-0.05, 0) is 62.5 Å². The summed E-state index contributed by atoms with van der Waals surface area (Å²) in [6, 6.07) is 4.70. The topological polar surface area (TPSA) is 72.9 Å². The SMILES string of the molecule is CCCCOC(=O)COC(=S)c1cc(N2C(=O)C3=C(CCCC3)C2=O)ccc1Cl. The lowest BCUT2D eigenvalue weighted by atomic mass is 9.93. The molecule has 0 saturated carbocycles. The molecule has 0 bridgehead atoms. The van der Waals surface area contributed by atoms with E-state index in [1.54, 1.807) is 18.2 Å². The Morgan fingerprint density at radius 1 is 1.14 bits per heavy atom. The highest BCUT2D eigenvalue weighted by atomic mass is 35.5. The van der Waals surface area contributed by atoms with Crippen LogP contribution in [0.5, 0.6) is 0 Å². The molecule has 0 unspecified atom stereocenters. The highest BCUT2D eigenvalue weighted by molar-refractivity contribution is 7.80. The number of ether oxygens (including phenoxy) is 2. The lowest BCUT2D eigenvalue weighted by Crippen LogP contribution is -2.31. The molecule has 1 aromatic rings. The second-order valence-corrected chi connectivity index (χ2v) is 7.70. The molecule has 0 fully saturated rings. The van der Waals surface area contributed by atoms with Crippen LogP contribution in [0.1, 0.15) is 51.0 Å². The number of hydrogen-bond donors (Lipinski definition) is 0. The van der Waals surface area contributed by atoms with Gasteiger partial charge in [0.05, 0.1) is 17.3 Å². The van der Waals surface area contributed by atoms with E-state index in [9.17, 15) is 14.4 Å². The third-order valence-electron chi connectivity index (χ3n) is 4.90. The van der Waals surface area contributed by atoms with E-state index in [1.807, 2.05) is 6.92 Å². The quantitative estimate of drug-likeness (QED) is 0.277. The van der Waals surface area contributed by atoms with Crippen LogP contribution in [0.4, 0.5) is 5.69 Å². The fourth-order valence-corrected chi connectivity index (χ4v) is 3.84. The molecule has 2 amide bonds. The average Bonchev–Trinajstić information content (AvgIpc) is 2.98. The number of esters is 1. The molecule has 0 atom stereocenters. The number of thiocarbonyl (C=S) groups is 1. The van der Waals surface area contributed by atoms with Gasteiger partial charge in [0.25, 0.3) is 11.8 Å². The summed E-state index contributed by atoms with van der Waals surface area (Å²) >= 11 is 11.5. The molecule has 0 radical (unpaired) electrons. The number of benzene rings is 1. The van der Waals surface area contributed by atoms with Crippen LogP contribution in [0, 0.1) is 0 Å². The minimum atomic E-state index is -0.519. The number of carbonyl (C=O) groups is 3. The molecule has 0 spiro atoms. The van der Waals surface area contributed by atoms with Crippen LogP contribution in [-0.2, 0) is 23.9 Å². The van der Waals surface area contributed by atoms with Crippen LogP contribution in [0.3, 0.4) is 0 Å². The van der Waals surface area contributed by atoms with E-state index in [-0.39, 0.29) is 23.5 Å². The normalized spacial score (nSPS) is 16.1.